The zero-order valence-electron chi connectivity index (χ0n) is 17.2. The van der Waals surface area contributed by atoms with Crippen LogP contribution in [0.1, 0.15) is 43.2 Å². The summed E-state index contributed by atoms with van der Waals surface area (Å²) in [5.41, 5.74) is -0.774. The van der Waals surface area contributed by atoms with E-state index in [0.717, 1.165) is 6.20 Å². The van der Waals surface area contributed by atoms with Gasteiger partial charge in [-0.05, 0) is 51.1 Å². The molecule has 166 valence electrons. The lowest BCUT2D eigenvalue weighted by Crippen LogP contribution is -2.45. The van der Waals surface area contributed by atoms with Gasteiger partial charge in [0.25, 0.3) is 5.91 Å². The first-order chi connectivity index (χ1) is 14.5. The Morgan fingerprint density at radius 1 is 1.29 bits per heavy atom. The molecule has 2 heterocycles. The molecule has 0 aliphatic carbocycles. The predicted molar refractivity (Wildman–Crippen MR) is 113 cm³/mol. The number of halogens is 3. The first kappa shape index (κ1) is 23.0. The van der Waals surface area contributed by atoms with Crippen LogP contribution in [0.25, 0.3) is 0 Å². The first-order valence-electron chi connectivity index (χ1n) is 9.45. The number of alkyl halides is 2. The Labute approximate surface area is 183 Å². The zero-order chi connectivity index (χ0) is 22.8. The lowest BCUT2D eigenvalue weighted by molar-refractivity contribution is -0.0500. The SMILES string of the molecule is CC1(C)CC(C)(c2cc(NC(=O)c3ccc(OC(F)F)cn3)ccc2F)NC(=S)CO1. The third-order valence-electron chi connectivity index (χ3n) is 4.80. The maximum atomic E-state index is 14.8. The molecule has 1 unspecified atom stereocenters. The summed E-state index contributed by atoms with van der Waals surface area (Å²) in [6.07, 6.45) is 1.46. The average molecular weight is 453 g/mol. The van der Waals surface area contributed by atoms with Gasteiger partial charge in [-0.15, -0.1) is 0 Å². The summed E-state index contributed by atoms with van der Waals surface area (Å²) in [6, 6.07) is 6.67. The van der Waals surface area contributed by atoms with Crippen molar-refractivity contribution in [3.05, 3.63) is 53.6 Å². The number of carbonyl (C=O) groups is 1. The first-order valence-corrected chi connectivity index (χ1v) is 9.85. The van der Waals surface area contributed by atoms with E-state index in [4.69, 9.17) is 17.0 Å². The quantitative estimate of drug-likeness (QED) is 0.654. The van der Waals surface area contributed by atoms with E-state index >= 15 is 0 Å². The van der Waals surface area contributed by atoms with Crippen LogP contribution in [-0.4, -0.2) is 34.7 Å². The molecule has 1 atom stereocenters. The molecule has 31 heavy (non-hydrogen) atoms. The number of thiocarbonyl (C=S) groups is 1. The molecule has 3 rings (SSSR count). The van der Waals surface area contributed by atoms with Gasteiger partial charge in [-0.3, -0.25) is 4.79 Å². The third kappa shape index (κ3) is 5.71. The van der Waals surface area contributed by atoms with E-state index in [1.165, 1.54) is 30.3 Å². The van der Waals surface area contributed by atoms with Gasteiger partial charge in [0.2, 0.25) is 0 Å². The molecular formula is C21H22F3N3O3S. The molecule has 2 N–H and O–H groups in total. The van der Waals surface area contributed by atoms with Gasteiger partial charge in [0.05, 0.1) is 23.9 Å². The molecule has 1 fully saturated rings. The highest BCUT2D eigenvalue weighted by atomic mass is 32.1. The Kier molecular flexibility index (Phi) is 6.51. The fourth-order valence-electron chi connectivity index (χ4n) is 3.62. The van der Waals surface area contributed by atoms with E-state index in [9.17, 15) is 18.0 Å². The number of aromatic nitrogens is 1. The van der Waals surface area contributed by atoms with Crippen LogP contribution in [0.3, 0.4) is 0 Å². The van der Waals surface area contributed by atoms with Crippen LogP contribution >= 0.6 is 12.2 Å². The number of hydrogen-bond donors (Lipinski definition) is 2. The summed E-state index contributed by atoms with van der Waals surface area (Å²) in [4.78, 5) is 16.8. The van der Waals surface area contributed by atoms with Crippen molar-refractivity contribution in [2.24, 2.45) is 0 Å². The number of ether oxygens (including phenoxy) is 2. The van der Waals surface area contributed by atoms with Crippen molar-refractivity contribution in [2.45, 2.75) is 44.9 Å². The van der Waals surface area contributed by atoms with E-state index in [-0.39, 0.29) is 18.1 Å². The highest BCUT2D eigenvalue weighted by Crippen LogP contribution is 2.36. The fourth-order valence-corrected chi connectivity index (χ4v) is 3.91. The molecule has 1 aliphatic heterocycles. The molecule has 10 heteroatoms. The largest absolute Gasteiger partial charge is 0.433 e. The van der Waals surface area contributed by atoms with Crippen molar-refractivity contribution in [3.8, 4) is 5.75 Å². The fraction of sp³-hybridized carbons (Fsp3) is 0.381. The molecule has 1 aromatic carbocycles. The zero-order valence-corrected chi connectivity index (χ0v) is 18.0. The lowest BCUT2D eigenvalue weighted by Gasteiger charge is -2.35. The number of nitrogens with one attached hydrogen (secondary N) is 2. The second-order valence-corrected chi connectivity index (χ2v) is 8.50. The number of rotatable bonds is 5. The molecule has 0 spiro atoms. The number of amides is 1. The van der Waals surface area contributed by atoms with Gasteiger partial charge in [0.15, 0.2) is 0 Å². The second-order valence-electron chi connectivity index (χ2n) is 8.01. The van der Waals surface area contributed by atoms with Crippen LogP contribution in [0.15, 0.2) is 36.5 Å². The van der Waals surface area contributed by atoms with Gasteiger partial charge in [0.1, 0.15) is 22.2 Å². The van der Waals surface area contributed by atoms with Gasteiger partial charge in [-0.2, -0.15) is 8.78 Å². The Bertz CT molecular complexity index is 986. The van der Waals surface area contributed by atoms with Crippen molar-refractivity contribution in [1.82, 2.24) is 10.3 Å². The minimum absolute atomic E-state index is 0.0120. The Morgan fingerprint density at radius 2 is 2.03 bits per heavy atom. The molecule has 1 saturated heterocycles. The van der Waals surface area contributed by atoms with Crippen LogP contribution in [0.4, 0.5) is 18.9 Å². The van der Waals surface area contributed by atoms with Crippen LogP contribution < -0.4 is 15.4 Å². The van der Waals surface area contributed by atoms with Gasteiger partial charge >= 0.3 is 6.61 Å². The predicted octanol–water partition coefficient (Wildman–Crippen LogP) is 4.41. The van der Waals surface area contributed by atoms with Crippen molar-refractivity contribution < 1.29 is 27.4 Å². The van der Waals surface area contributed by atoms with E-state index in [1.54, 1.807) is 0 Å². The van der Waals surface area contributed by atoms with Crippen molar-refractivity contribution in [3.63, 3.8) is 0 Å². The molecule has 0 radical (unpaired) electrons. The number of hydrogen-bond acceptors (Lipinski definition) is 5. The Hall–Kier alpha value is -2.72. The number of pyridine rings is 1. The lowest BCUT2D eigenvalue weighted by atomic mass is 9.81. The monoisotopic (exact) mass is 453 g/mol. The number of carbonyl (C=O) groups excluding carboxylic acids is 1. The third-order valence-corrected chi connectivity index (χ3v) is 5.02. The minimum atomic E-state index is -2.98. The number of nitrogens with zero attached hydrogens (tertiary/aromatic N) is 1. The van der Waals surface area contributed by atoms with E-state index in [0.29, 0.717) is 22.7 Å². The van der Waals surface area contributed by atoms with Crippen LogP contribution in [0.2, 0.25) is 0 Å². The smallest absolute Gasteiger partial charge is 0.387 e. The van der Waals surface area contributed by atoms with Gasteiger partial charge in [-0.1, -0.05) is 12.2 Å². The number of benzene rings is 1. The summed E-state index contributed by atoms with van der Waals surface area (Å²) in [6.45, 7) is 2.87. The maximum Gasteiger partial charge on any atom is 0.387 e. The second kappa shape index (κ2) is 8.80. The Morgan fingerprint density at radius 3 is 2.68 bits per heavy atom. The molecule has 1 aromatic heterocycles. The topological polar surface area (TPSA) is 72.5 Å². The van der Waals surface area contributed by atoms with Crippen LogP contribution in [0, 0.1) is 5.82 Å². The van der Waals surface area contributed by atoms with E-state index < -0.39 is 29.5 Å². The summed E-state index contributed by atoms with van der Waals surface area (Å²) in [5, 5.41) is 5.81. The molecule has 0 bridgehead atoms. The summed E-state index contributed by atoms with van der Waals surface area (Å²) >= 11 is 5.30. The van der Waals surface area contributed by atoms with E-state index in [2.05, 4.69) is 20.4 Å². The molecular weight excluding hydrogens is 431 g/mol. The summed E-state index contributed by atoms with van der Waals surface area (Å²) < 4.78 is 49.3. The molecule has 2 aromatic rings. The van der Waals surface area contributed by atoms with Crippen molar-refractivity contribution in [1.29, 1.82) is 0 Å². The average Bonchev–Trinajstić information content (AvgIpc) is 2.78. The molecule has 0 saturated carbocycles. The highest BCUT2D eigenvalue weighted by Gasteiger charge is 2.39. The molecule has 1 aliphatic rings. The summed E-state index contributed by atoms with van der Waals surface area (Å²) in [5.74, 6) is -1.21. The van der Waals surface area contributed by atoms with Crippen molar-refractivity contribution in [2.75, 3.05) is 11.9 Å². The van der Waals surface area contributed by atoms with E-state index in [1.807, 2.05) is 20.8 Å². The van der Waals surface area contributed by atoms with Crippen LogP contribution in [0.5, 0.6) is 5.75 Å². The highest BCUT2D eigenvalue weighted by molar-refractivity contribution is 7.80. The van der Waals surface area contributed by atoms with Gasteiger partial charge in [0, 0.05) is 17.7 Å². The van der Waals surface area contributed by atoms with Gasteiger partial charge in [-0.25, -0.2) is 9.37 Å². The molecule has 1 amide bonds. The van der Waals surface area contributed by atoms with Crippen LogP contribution in [-0.2, 0) is 10.3 Å². The van der Waals surface area contributed by atoms with Crippen molar-refractivity contribution >= 4 is 28.8 Å². The van der Waals surface area contributed by atoms with Gasteiger partial charge < -0.3 is 20.1 Å². The maximum absolute atomic E-state index is 14.8. The number of anilines is 1. The minimum Gasteiger partial charge on any atom is -0.433 e. The standard InChI is InChI=1S/C21H22F3N3O3S/c1-20(2)11-21(3,27-17(31)10-29-20)14-8-12(4-6-15(14)22)26-18(28)16-7-5-13(9-25-16)30-19(23)24/h4-9,19H,10-11H2,1-3H3,(H,26,28)(H,27,31). The molecule has 6 nitrogen and oxygen atoms in total. The Balaban J connectivity index is 1.83. The normalized spacial score (nSPS) is 20.7. The summed E-state index contributed by atoms with van der Waals surface area (Å²) in [7, 11) is 0.